The first-order valence-corrected chi connectivity index (χ1v) is 8.62. The minimum absolute atomic E-state index is 0. The molecule has 0 atom stereocenters. The maximum atomic E-state index is 10.0. The third-order valence-corrected chi connectivity index (χ3v) is 4.00. The van der Waals surface area contributed by atoms with Gasteiger partial charge >= 0.3 is 0 Å². The number of aryl methyl sites for hydroxylation is 2. The Hall–Kier alpha value is -2.49. The van der Waals surface area contributed by atoms with Gasteiger partial charge in [-0.25, -0.2) is 0 Å². The fourth-order valence-electron chi connectivity index (χ4n) is 2.55. The molecule has 5 heteroatoms. The molecular weight excluding hydrogens is 530 g/mol. The zero-order chi connectivity index (χ0) is 20.0. The molecule has 0 saturated carbocycles. The first-order valence-electron chi connectivity index (χ1n) is 8.62. The summed E-state index contributed by atoms with van der Waals surface area (Å²) in [4.78, 5) is 14.8. The van der Waals surface area contributed by atoms with Crippen LogP contribution in [0.3, 0.4) is 0 Å². The van der Waals surface area contributed by atoms with E-state index in [1.54, 1.807) is 7.11 Å². The largest absolute Gasteiger partial charge is 0.516 e. The summed E-state index contributed by atoms with van der Waals surface area (Å²) in [6, 6.07) is 17.4. The van der Waals surface area contributed by atoms with Crippen LogP contribution >= 0.6 is 0 Å². The molecule has 0 unspecified atom stereocenters. The zero-order valence-corrected chi connectivity index (χ0v) is 19.1. The van der Waals surface area contributed by atoms with Crippen molar-refractivity contribution in [1.29, 1.82) is 0 Å². The number of nitrogens with zero attached hydrogens (tertiary/aromatic N) is 1. The molecule has 1 N–H and O–H groups in total. The number of allylic oxidation sites excluding steroid dienone is 2. The second-order valence-electron chi connectivity index (χ2n) is 6.36. The van der Waals surface area contributed by atoms with E-state index in [1.165, 1.54) is 36.4 Å². The number of aromatic nitrogens is 1. The number of carbonyl (C=O) groups excluding carboxylic acids is 1. The molecule has 0 spiro atoms. The van der Waals surface area contributed by atoms with Crippen molar-refractivity contribution in [2.24, 2.45) is 0 Å². The van der Waals surface area contributed by atoms with Gasteiger partial charge in [-0.05, 0) is 62.0 Å². The Kier molecular flexibility index (Phi) is 9.04. The Balaban J connectivity index is 0.000000425. The number of pyridine rings is 1. The van der Waals surface area contributed by atoms with Gasteiger partial charge in [0.1, 0.15) is 0 Å². The van der Waals surface area contributed by atoms with Crippen LogP contribution in [-0.2, 0) is 24.9 Å². The van der Waals surface area contributed by atoms with Crippen molar-refractivity contribution in [2.45, 2.75) is 27.7 Å². The van der Waals surface area contributed by atoms with E-state index in [2.05, 4.69) is 38.1 Å². The monoisotopic (exact) mass is 555 g/mol. The Morgan fingerprint density at radius 2 is 1.79 bits per heavy atom. The Morgan fingerprint density at radius 3 is 2.36 bits per heavy atom. The van der Waals surface area contributed by atoms with Gasteiger partial charge in [0.15, 0.2) is 5.78 Å². The fraction of sp³-hybridized carbons (Fsp3) is 0.217. The summed E-state index contributed by atoms with van der Waals surface area (Å²) in [5, 5.41) is 9.53. The van der Waals surface area contributed by atoms with Crippen LogP contribution in [0.5, 0.6) is 5.75 Å². The normalized spacial score (nSPS) is 10.5. The van der Waals surface area contributed by atoms with Gasteiger partial charge in [-0.3, -0.25) is 9.78 Å². The maximum Gasteiger partial charge on any atom is 0.155 e. The summed E-state index contributed by atoms with van der Waals surface area (Å²) < 4.78 is 5.25. The number of aliphatic hydroxyl groups is 1. The summed E-state index contributed by atoms with van der Waals surface area (Å²) >= 11 is 0. The predicted molar refractivity (Wildman–Crippen MR) is 109 cm³/mol. The van der Waals surface area contributed by atoms with Gasteiger partial charge in [-0.2, -0.15) is 0 Å². The quantitative estimate of drug-likeness (QED) is 0.269. The molecule has 1 radical (unpaired) electrons. The SMILES string of the molecule is CC(=O)/C=C(/C)O.COc1cc[c-]c(-c2ccc3cc(C)c(C)cc3n2)c1.[Ir]. The molecule has 0 aliphatic rings. The number of aliphatic hydroxyl groups excluding tert-OH is 1. The number of ketones is 1. The van der Waals surface area contributed by atoms with Crippen molar-refractivity contribution in [1.82, 2.24) is 4.98 Å². The molecule has 0 aliphatic carbocycles. The van der Waals surface area contributed by atoms with E-state index < -0.39 is 0 Å². The van der Waals surface area contributed by atoms with Gasteiger partial charge in [-0.1, -0.05) is 12.1 Å². The van der Waals surface area contributed by atoms with Crippen molar-refractivity contribution in [2.75, 3.05) is 7.11 Å². The number of carbonyl (C=O) groups is 1. The van der Waals surface area contributed by atoms with Crippen LogP contribution in [0.2, 0.25) is 0 Å². The molecule has 2 aromatic carbocycles. The molecular formula is C23H24IrNO3-. The summed E-state index contributed by atoms with van der Waals surface area (Å²) in [6.45, 7) is 7.08. The summed E-state index contributed by atoms with van der Waals surface area (Å²) in [5.41, 5.74) is 5.43. The van der Waals surface area contributed by atoms with E-state index in [-0.39, 0.29) is 31.6 Å². The molecule has 3 aromatic rings. The molecule has 149 valence electrons. The zero-order valence-electron chi connectivity index (χ0n) is 16.7. The van der Waals surface area contributed by atoms with Gasteiger partial charge < -0.3 is 9.84 Å². The topological polar surface area (TPSA) is 59.4 Å². The van der Waals surface area contributed by atoms with Crippen LogP contribution in [0.25, 0.3) is 22.2 Å². The van der Waals surface area contributed by atoms with Crippen LogP contribution in [-0.4, -0.2) is 23.0 Å². The predicted octanol–water partition coefficient (Wildman–Crippen LogP) is 5.36. The number of fused-ring (bicyclic) bond motifs is 1. The van der Waals surface area contributed by atoms with Crippen molar-refractivity contribution in [3.8, 4) is 17.0 Å². The minimum atomic E-state index is -0.125. The summed E-state index contributed by atoms with van der Waals surface area (Å²) in [7, 11) is 1.67. The van der Waals surface area contributed by atoms with Crippen LogP contribution in [0.1, 0.15) is 25.0 Å². The van der Waals surface area contributed by atoms with Gasteiger partial charge in [-0.15, -0.1) is 29.8 Å². The van der Waals surface area contributed by atoms with E-state index in [9.17, 15) is 4.79 Å². The molecule has 0 bridgehead atoms. The maximum absolute atomic E-state index is 10.0. The Morgan fingerprint density at radius 1 is 1.11 bits per heavy atom. The molecule has 0 fully saturated rings. The van der Waals surface area contributed by atoms with Crippen LogP contribution in [0.15, 0.2) is 54.3 Å². The average Bonchev–Trinajstić information content (AvgIpc) is 2.62. The third kappa shape index (κ3) is 6.59. The van der Waals surface area contributed by atoms with Crippen LogP contribution in [0.4, 0.5) is 0 Å². The van der Waals surface area contributed by atoms with Crippen molar-refractivity contribution >= 4 is 16.7 Å². The first-order chi connectivity index (χ1) is 12.8. The van der Waals surface area contributed by atoms with Gasteiger partial charge in [0.25, 0.3) is 0 Å². The van der Waals surface area contributed by atoms with Gasteiger partial charge in [0, 0.05) is 31.9 Å². The van der Waals surface area contributed by atoms with Crippen molar-refractivity contribution < 1.29 is 34.7 Å². The van der Waals surface area contributed by atoms with E-state index >= 15 is 0 Å². The van der Waals surface area contributed by atoms with E-state index in [1.807, 2.05) is 24.3 Å². The van der Waals surface area contributed by atoms with E-state index in [0.717, 1.165) is 22.5 Å². The number of rotatable bonds is 3. The number of hydrogen-bond donors (Lipinski definition) is 1. The number of benzene rings is 2. The van der Waals surface area contributed by atoms with Crippen molar-refractivity contribution in [3.63, 3.8) is 0 Å². The fourth-order valence-corrected chi connectivity index (χ4v) is 2.55. The second kappa shape index (κ2) is 10.7. The van der Waals surface area contributed by atoms with Crippen LogP contribution in [0, 0.1) is 19.9 Å². The summed E-state index contributed by atoms with van der Waals surface area (Å²) in [6.07, 6.45) is 1.17. The number of hydrogen-bond acceptors (Lipinski definition) is 4. The molecule has 3 rings (SSSR count). The van der Waals surface area contributed by atoms with Gasteiger partial charge in [0.05, 0.1) is 18.4 Å². The smallest absolute Gasteiger partial charge is 0.155 e. The Labute approximate surface area is 179 Å². The molecule has 1 heterocycles. The third-order valence-electron chi connectivity index (χ3n) is 4.00. The first kappa shape index (κ1) is 23.5. The minimum Gasteiger partial charge on any atom is -0.516 e. The van der Waals surface area contributed by atoms with Crippen molar-refractivity contribution in [3.05, 3.63) is 71.5 Å². The molecule has 0 amide bonds. The molecule has 0 saturated heterocycles. The molecule has 28 heavy (non-hydrogen) atoms. The van der Waals surface area contributed by atoms with Crippen LogP contribution < -0.4 is 4.74 Å². The van der Waals surface area contributed by atoms with E-state index in [0.29, 0.717) is 0 Å². The number of methoxy groups -OCH3 is 1. The van der Waals surface area contributed by atoms with Gasteiger partial charge in [0.2, 0.25) is 0 Å². The molecule has 0 aliphatic heterocycles. The standard InChI is InChI=1S/C18H16NO.C5H8O2.Ir/c1-12-9-15-7-8-17(19-18(15)10-13(12)2)14-5-4-6-16(11-14)20-3;1-4(6)3-5(2)7;/h4,6-11H,1-3H3;3,6H,1-2H3;/q-1;;/b;4-3-;. The Bertz CT molecular complexity index is 992. The molecule has 4 nitrogen and oxygen atoms in total. The van der Waals surface area contributed by atoms with E-state index in [4.69, 9.17) is 14.8 Å². The number of ether oxygens (including phenoxy) is 1. The molecule has 1 aromatic heterocycles. The summed E-state index contributed by atoms with van der Waals surface area (Å²) in [5.74, 6) is 0.758. The average molecular weight is 555 g/mol. The second-order valence-corrected chi connectivity index (χ2v) is 6.36.